The maximum atomic E-state index is 13.3. The van der Waals surface area contributed by atoms with Crippen LogP contribution < -0.4 is 11.1 Å². The molecule has 2 aromatic rings. The number of nitrogens with two attached hydrogens (primary N) is 1. The normalized spacial score (nSPS) is 10.3. The van der Waals surface area contributed by atoms with Crippen molar-refractivity contribution in [2.75, 3.05) is 12.3 Å². The molecule has 0 aliphatic carbocycles. The number of aromatic nitrogens is 2. The van der Waals surface area contributed by atoms with Crippen molar-refractivity contribution < 1.29 is 9.18 Å². The van der Waals surface area contributed by atoms with Crippen molar-refractivity contribution in [1.29, 1.82) is 0 Å². The van der Waals surface area contributed by atoms with Gasteiger partial charge in [-0.05, 0) is 18.1 Å². The summed E-state index contributed by atoms with van der Waals surface area (Å²) in [6, 6.07) is 6.46. The first-order chi connectivity index (χ1) is 8.68. The highest BCUT2D eigenvalue weighted by molar-refractivity contribution is 5.96. The van der Waals surface area contributed by atoms with Crippen LogP contribution in [-0.4, -0.2) is 22.6 Å². The molecule has 0 saturated heterocycles. The van der Waals surface area contributed by atoms with Crippen LogP contribution in [0.4, 0.5) is 10.1 Å². The minimum absolute atomic E-state index is 0.225. The van der Waals surface area contributed by atoms with E-state index in [9.17, 15) is 9.18 Å². The zero-order chi connectivity index (χ0) is 13.0. The van der Waals surface area contributed by atoms with Crippen molar-refractivity contribution in [3.8, 4) is 0 Å². The third kappa shape index (κ3) is 2.65. The number of carbonyl (C=O) groups excluding carboxylic acids is 1. The molecule has 6 heteroatoms. The zero-order valence-corrected chi connectivity index (χ0v) is 9.61. The quantitative estimate of drug-likeness (QED) is 0.757. The second kappa shape index (κ2) is 5.31. The molecule has 1 aromatic carbocycles. The lowest BCUT2D eigenvalue weighted by Gasteiger charge is -2.05. The lowest BCUT2D eigenvalue weighted by Crippen LogP contribution is -2.26. The zero-order valence-electron chi connectivity index (χ0n) is 9.61. The molecule has 0 atom stereocenters. The van der Waals surface area contributed by atoms with E-state index >= 15 is 0 Å². The van der Waals surface area contributed by atoms with E-state index in [4.69, 9.17) is 5.73 Å². The highest BCUT2D eigenvalue weighted by Crippen LogP contribution is 2.07. The van der Waals surface area contributed by atoms with Crippen LogP contribution in [0, 0.1) is 5.82 Å². The Bertz CT molecular complexity index is 553. The lowest BCUT2D eigenvalue weighted by molar-refractivity contribution is 0.0950. The van der Waals surface area contributed by atoms with Gasteiger partial charge in [-0.15, -0.1) is 0 Å². The number of carbonyl (C=O) groups is 1. The van der Waals surface area contributed by atoms with Crippen LogP contribution >= 0.6 is 0 Å². The van der Waals surface area contributed by atoms with Gasteiger partial charge in [0.2, 0.25) is 0 Å². The maximum absolute atomic E-state index is 13.3. The number of hydrogen-bond acceptors (Lipinski definition) is 3. The summed E-state index contributed by atoms with van der Waals surface area (Å²) in [7, 11) is 0. The van der Waals surface area contributed by atoms with Gasteiger partial charge in [0, 0.05) is 6.54 Å². The molecule has 0 unspecified atom stereocenters. The van der Waals surface area contributed by atoms with Gasteiger partial charge >= 0.3 is 0 Å². The summed E-state index contributed by atoms with van der Waals surface area (Å²) in [4.78, 5) is 11.6. The maximum Gasteiger partial charge on any atom is 0.271 e. The van der Waals surface area contributed by atoms with E-state index < -0.39 is 0 Å². The fraction of sp³-hybridized carbons (Fsp3) is 0.167. The van der Waals surface area contributed by atoms with Crippen LogP contribution in [0.3, 0.4) is 0 Å². The van der Waals surface area contributed by atoms with Crippen molar-refractivity contribution in [2.45, 2.75) is 6.42 Å². The van der Waals surface area contributed by atoms with E-state index in [1.54, 1.807) is 18.2 Å². The number of nitrogen functional groups attached to an aromatic ring is 1. The first-order valence-corrected chi connectivity index (χ1v) is 5.49. The number of nitrogens with zero attached hydrogens (tertiary/aromatic N) is 1. The number of hydrogen-bond donors (Lipinski definition) is 3. The Morgan fingerprint density at radius 1 is 1.44 bits per heavy atom. The first-order valence-electron chi connectivity index (χ1n) is 5.49. The molecule has 0 spiro atoms. The van der Waals surface area contributed by atoms with Crippen molar-refractivity contribution in [1.82, 2.24) is 15.5 Å². The van der Waals surface area contributed by atoms with Crippen molar-refractivity contribution >= 4 is 11.6 Å². The fourth-order valence-corrected chi connectivity index (χ4v) is 1.58. The van der Waals surface area contributed by atoms with Crippen LogP contribution in [0.1, 0.15) is 16.1 Å². The summed E-state index contributed by atoms with van der Waals surface area (Å²) in [6.45, 7) is 0.332. The van der Waals surface area contributed by atoms with Gasteiger partial charge in [0.25, 0.3) is 5.91 Å². The number of benzene rings is 1. The Morgan fingerprint density at radius 3 is 2.89 bits per heavy atom. The summed E-state index contributed by atoms with van der Waals surface area (Å²) in [5.41, 5.74) is 6.61. The van der Waals surface area contributed by atoms with Crippen LogP contribution in [0.2, 0.25) is 0 Å². The molecule has 0 fully saturated rings. The Kier molecular flexibility index (Phi) is 3.57. The van der Waals surface area contributed by atoms with Gasteiger partial charge in [-0.1, -0.05) is 18.2 Å². The summed E-state index contributed by atoms with van der Waals surface area (Å²) in [6.07, 6.45) is 1.79. The van der Waals surface area contributed by atoms with Crippen molar-refractivity contribution in [3.05, 3.63) is 47.5 Å². The van der Waals surface area contributed by atoms with E-state index in [2.05, 4.69) is 15.5 Å². The Balaban J connectivity index is 1.88. The molecule has 0 saturated carbocycles. The van der Waals surface area contributed by atoms with Crippen LogP contribution in [0.15, 0.2) is 30.5 Å². The lowest BCUT2D eigenvalue weighted by atomic mass is 10.1. The molecule has 4 N–H and O–H groups in total. The number of amides is 1. The summed E-state index contributed by atoms with van der Waals surface area (Å²) in [5, 5.41) is 8.80. The van der Waals surface area contributed by atoms with Crippen LogP contribution in [0.5, 0.6) is 0 Å². The molecular weight excluding hydrogens is 235 g/mol. The van der Waals surface area contributed by atoms with Gasteiger partial charge < -0.3 is 11.1 Å². The molecule has 1 amide bonds. The van der Waals surface area contributed by atoms with Gasteiger partial charge in [0.15, 0.2) is 0 Å². The minimum Gasteiger partial charge on any atom is -0.396 e. The molecule has 0 bridgehead atoms. The Labute approximate surface area is 103 Å². The summed E-state index contributed by atoms with van der Waals surface area (Å²) in [5.74, 6) is -0.617. The number of rotatable bonds is 4. The Hall–Kier alpha value is -2.37. The third-order valence-corrected chi connectivity index (χ3v) is 2.53. The van der Waals surface area contributed by atoms with Crippen molar-refractivity contribution in [3.63, 3.8) is 0 Å². The third-order valence-electron chi connectivity index (χ3n) is 2.53. The minimum atomic E-state index is -0.346. The molecule has 1 aromatic heterocycles. The smallest absolute Gasteiger partial charge is 0.271 e. The SMILES string of the molecule is Nc1cn[nH]c1C(=O)NCCc1ccccc1F. The second-order valence-electron chi connectivity index (χ2n) is 3.80. The number of anilines is 1. The largest absolute Gasteiger partial charge is 0.396 e. The van der Waals surface area contributed by atoms with E-state index in [0.29, 0.717) is 24.2 Å². The van der Waals surface area contributed by atoms with Crippen LogP contribution in [0.25, 0.3) is 0 Å². The Morgan fingerprint density at radius 2 is 2.22 bits per heavy atom. The van der Waals surface area contributed by atoms with E-state index in [0.717, 1.165) is 0 Å². The summed E-state index contributed by atoms with van der Waals surface area (Å²) < 4.78 is 13.3. The van der Waals surface area contributed by atoms with Gasteiger partial charge in [0.05, 0.1) is 11.9 Å². The van der Waals surface area contributed by atoms with Gasteiger partial charge in [0.1, 0.15) is 11.5 Å². The average Bonchev–Trinajstić information content (AvgIpc) is 2.78. The molecule has 0 aliphatic heterocycles. The molecule has 2 rings (SSSR count). The first kappa shape index (κ1) is 12.1. The monoisotopic (exact) mass is 248 g/mol. The van der Waals surface area contributed by atoms with Gasteiger partial charge in [-0.25, -0.2) is 4.39 Å². The molecule has 1 heterocycles. The van der Waals surface area contributed by atoms with Gasteiger partial charge in [-0.2, -0.15) is 5.10 Å². The van der Waals surface area contributed by atoms with Gasteiger partial charge in [-0.3, -0.25) is 9.89 Å². The summed E-state index contributed by atoms with van der Waals surface area (Å²) >= 11 is 0. The molecule has 18 heavy (non-hydrogen) atoms. The van der Waals surface area contributed by atoms with E-state index in [1.807, 2.05) is 0 Å². The van der Waals surface area contributed by atoms with E-state index in [-0.39, 0.29) is 17.4 Å². The second-order valence-corrected chi connectivity index (χ2v) is 3.80. The molecule has 0 aliphatic rings. The number of nitrogens with one attached hydrogen (secondary N) is 2. The molecule has 0 radical (unpaired) electrons. The molecular formula is C12H13FN4O. The molecule has 5 nitrogen and oxygen atoms in total. The standard InChI is InChI=1S/C12H13FN4O/c13-9-4-2-1-3-8(9)5-6-15-12(18)11-10(14)7-16-17-11/h1-4,7H,5-6,14H2,(H,15,18)(H,16,17). The topological polar surface area (TPSA) is 83.8 Å². The highest BCUT2D eigenvalue weighted by Gasteiger charge is 2.11. The highest BCUT2D eigenvalue weighted by atomic mass is 19.1. The van der Waals surface area contributed by atoms with E-state index in [1.165, 1.54) is 12.3 Å². The fourth-order valence-electron chi connectivity index (χ4n) is 1.58. The number of halogens is 1. The van der Waals surface area contributed by atoms with Crippen LogP contribution in [-0.2, 0) is 6.42 Å². The number of H-pyrrole nitrogens is 1. The average molecular weight is 248 g/mol. The predicted molar refractivity (Wildman–Crippen MR) is 65.4 cm³/mol. The van der Waals surface area contributed by atoms with Crippen molar-refractivity contribution in [2.24, 2.45) is 0 Å². The number of aromatic amines is 1. The molecule has 94 valence electrons. The predicted octanol–water partition coefficient (Wildman–Crippen LogP) is 1.10.